The summed E-state index contributed by atoms with van der Waals surface area (Å²) >= 11 is 0. The molecule has 2 saturated heterocycles. The Kier molecular flexibility index (Phi) is 4.37. The predicted octanol–water partition coefficient (Wildman–Crippen LogP) is -0.898. The van der Waals surface area contributed by atoms with E-state index in [9.17, 15) is 14.4 Å². The highest BCUT2D eigenvalue weighted by Crippen LogP contribution is 2.16. The Morgan fingerprint density at radius 3 is 2.45 bits per heavy atom. The summed E-state index contributed by atoms with van der Waals surface area (Å²) in [6.45, 7) is 2.67. The molecule has 3 heterocycles. The maximum Gasteiger partial charge on any atom is 0.270 e. The average molecular weight is 308 g/mol. The van der Waals surface area contributed by atoms with Gasteiger partial charge in [-0.05, 0) is 12.8 Å². The van der Waals surface area contributed by atoms with E-state index in [4.69, 9.17) is 4.74 Å². The van der Waals surface area contributed by atoms with Gasteiger partial charge in [0.1, 0.15) is 11.8 Å². The van der Waals surface area contributed by atoms with Crippen LogP contribution in [0.4, 0.5) is 0 Å². The van der Waals surface area contributed by atoms with Gasteiger partial charge in [-0.1, -0.05) is 0 Å². The fourth-order valence-corrected chi connectivity index (χ4v) is 2.92. The van der Waals surface area contributed by atoms with Crippen LogP contribution in [0.3, 0.4) is 0 Å². The van der Waals surface area contributed by atoms with Gasteiger partial charge in [-0.15, -0.1) is 0 Å². The van der Waals surface area contributed by atoms with Crippen molar-refractivity contribution in [1.29, 1.82) is 0 Å². The van der Waals surface area contributed by atoms with E-state index < -0.39 is 0 Å². The average Bonchev–Trinajstić information content (AvgIpc) is 3.09. The van der Waals surface area contributed by atoms with Crippen molar-refractivity contribution in [3.05, 3.63) is 0 Å². The molecule has 0 saturated carbocycles. The van der Waals surface area contributed by atoms with Gasteiger partial charge in [0.05, 0.1) is 0 Å². The second-order valence-corrected chi connectivity index (χ2v) is 5.71. The topological polar surface area (TPSA) is 91.3 Å². The molecular weight excluding hydrogens is 288 g/mol. The van der Waals surface area contributed by atoms with Gasteiger partial charge in [0, 0.05) is 45.6 Å². The van der Waals surface area contributed by atoms with Gasteiger partial charge in [-0.3, -0.25) is 14.4 Å². The molecule has 8 nitrogen and oxygen atoms in total. The Morgan fingerprint density at radius 1 is 1.14 bits per heavy atom. The molecule has 3 amide bonds. The van der Waals surface area contributed by atoms with E-state index in [1.165, 1.54) is 0 Å². The van der Waals surface area contributed by atoms with Gasteiger partial charge >= 0.3 is 0 Å². The number of amides is 3. The first-order valence-corrected chi connectivity index (χ1v) is 7.70. The van der Waals surface area contributed by atoms with Crippen LogP contribution in [0, 0.1) is 0 Å². The number of hydrogen-bond acceptors (Lipinski definition) is 5. The number of hydrazone groups is 1. The fraction of sp³-hybridized carbons (Fsp3) is 0.714. The summed E-state index contributed by atoms with van der Waals surface area (Å²) in [5.74, 6) is -0.278. The molecule has 1 unspecified atom stereocenters. The van der Waals surface area contributed by atoms with Crippen LogP contribution in [0.2, 0.25) is 0 Å². The van der Waals surface area contributed by atoms with Crippen molar-refractivity contribution in [2.45, 2.75) is 31.8 Å². The van der Waals surface area contributed by atoms with Crippen LogP contribution in [0.5, 0.6) is 0 Å². The minimum atomic E-state index is -0.305. The molecule has 120 valence electrons. The zero-order chi connectivity index (χ0) is 15.5. The van der Waals surface area contributed by atoms with Crippen molar-refractivity contribution in [2.75, 3.05) is 32.8 Å². The molecule has 3 aliphatic heterocycles. The normalized spacial score (nSPS) is 25.7. The van der Waals surface area contributed by atoms with Gasteiger partial charge in [0.2, 0.25) is 5.91 Å². The van der Waals surface area contributed by atoms with E-state index in [2.05, 4.69) is 10.5 Å². The quantitative estimate of drug-likeness (QED) is 0.716. The third-order valence-electron chi connectivity index (χ3n) is 4.23. The number of carbonyl (C=O) groups excluding carboxylic acids is 3. The molecule has 22 heavy (non-hydrogen) atoms. The molecular formula is C14H20N4O4. The molecule has 2 fully saturated rings. The molecule has 0 radical (unpaired) electrons. The van der Waals surface area contributed by atoms with Crippen molar-refractivity contribution in [1.82, 2.24) is 15.2 Å². The van der Waals surface area contributed by atoms with E-state index in [0.29, 0.717) is 51.3 Å². The highest BCUT2D eigenvalue weighted by molar-refractivity contribution is 6.39. The number of hydrogen-bond donors (Lipinski definition) is 1. The minimum absolute atomic E-state index is 0.0341. The van der Waals surface area contributed by atoms with Crippen molar-refractivity contribution in [3.63, 3.8) is 0 Å². The summed E-state index contributed by atoms with van der Waals surface area (Å²) in [4.78, 5) is 39.1. The number of nitrogens with one attached hydrogen (secondary N) is 1. The molecule has 0 aliphatic carbocycles. The molecule has 0 bridgehead atoms. The van der Waals surface area contributed by atoms with Gasteiger partial charge in [0.15, 0.2) is 0 Å². The van der Waals surface area contributed by atoms with E-state index >= 15 is 0 Å². The fourth-order valence-electron chi connectivity index (χ4n) is 2.92. The van der Waals surface area contributed by atoms with E-state index in [1.807, 2.05) is 0 Å². The standard InChI is InChI=1S/C14H20N4O4/c19-12-4-3-10(15-16-12)13(20)17-5-7-18(8-6-17)14(21)11-2-1-9-22-11/h11H,1-9H2,(H,16,19). The zero-order valence-electron chi connectivity index (χ0n) is 12.4. The lowest BCUT2D eigenvalue weighted by Gasteiger charge is -2.36. The summed E-state index contributed by atoms with van der Waals surface area (Å²) in [6, 6.07) is 0. The van der Waals surface area contributed by atoms with Gasteiger partial charge in [0.25, 0.3) is 11.8 Å². The lowest BCUT2D eigenvalue weighted by Crippen LogP contribution is -2.54. The number of piperazine rings is 1. The SMILES string of the molecule is O=C1CCC(C(=O)N2CCN(C(=O)C3CCCO3)CC2)=NN1. The Labute approximate surface area is 128 Å². The molecule has 0 spiro atoms. The van der Waals surface area contributed by atoms with Crippen LogP contribution in [0.1, 0.15) is 25.7 Å². The number of ether oxygens (including phenoxy) is 1. The summed E-state index contributed by atoms with van der Waals surface area (Å²) in [6.07, 6.45) is 2.08. The smallest absolute Gasteiger partial charge is 0.270 e. The van der Waals surface area contributed by atoms with E-state index in [-0.39, 0.29) is 23.8 Å². The van der Waals surface area contributed by atoms with Gasteiger partial charge < -0.3 is 14.5 Å². The number of carbonyl (C=O) groups is 3. The molecule has 1 N–H and O–H groups in total. The summed E-state index contributed by atoms with van der Waals surface area (Å²) in [5, 5.41) is 3.83. The summed E-state index contributed by atoms with van der Waals surface area (Å²) in [7, 11) is 0. The van der Waals surface area contributed by atoms with Gasteiger partial charge in [-0.25, -0.2) is 5.43 Å². The second-order valence-electron chi connectivity index (χ2n) is 5.71. The van der Waals surface area contributed by atoms with Crippen molar-refractivity contribution >= 4 is 23.4 Å². The van der Waals surface area contributed by atoms with E-state index in [1.54, 1.807) is 9.80 Å². The lowest BCUT2D eigenvalue weighted by molar-refractivity contribution is -0.144. The Bertz CT molecular complexity index is 505. The molecule has 0 aromatic heterocycles. The third-order valence-corrected chi connectivity index (χ3v) is 4.23. The lowest BCUT2D eigenvalue weighted by atomic mass is 10.1. The first kappa shape index (κ1) is 15.0. The monoisotopic (exact) mass is 308 g/mol. The highest BCUT2D eigenvalue weighted by atomic mass is 16.5. The van der Waals surface area contributed by atoms with Crippen molar-refractivity contribution < 1.29 is 19.1 Å². The van der Waals surface area contributed by atoms with Gasteiger partial charge in [-0.2, -0.15) is 5.10 Å². The van der Waals surface area contributed by atoms with Crippen LogP contribution >= 0.6 is 0 Å². The van der Waals surface area contributed by atoms with Crippen molar-refractivity contribution in [3.8, 4) is 0 Å². The first-order chi connectivity index (χ1) is 10.6. The Balaban J connectivity index is 1.52. The molecule has 0 aromatic carbocycles. The number of rotatable bonds is 2. The molecule has 0 aromatic rings. The molecule has 3 rings (SSSR count). The van der Waals surface area contributed by atoms with Crippen molar-refractivity contribution in [2.24, 2.45) is 5.10 Å². The van der Waals surface area contributed by atoms with Crippen LogP contribution in [0.25, 0.3) is 0 Å². The number of nitrogens with zero attached hydrogens (tertiary/aromatic N) is 3. The minimum Gasteiger partial charge on any atom is -0.368 e. The van der Waals surface area contributed by atoms with Crippen LogP contribution < -0.4 is 5.43 Å². The molecule has 1 atom stereocenters. The highest BCUT2D eigenvalue weighted by Gasteiger charge is 2.32. The molecule has 3 aliphatic rings. The Morgan fingerprint density at radius 2 is 1.86 bits per heavy atom. The zero-order valence-corrected chi connectivity index (χ0v) is 12.4. The second kappa shape index (κ2) is 6.43. The third kappa shape index (κ3) is 3.11. The van der Waals surface area contributed by atoms with E-state index in [0.717, 1.165) is 12.8 Å². The largest absolute Gasteiger partial charge is 0.368 e. The molecule has 8 heteroatoms. The van der Waals surface area contributed by atoms with Crippen LogP contribution in [-0.2, 0) is 19.1 Å². The predicted molar refractivity (Wildman–Crippen MR) is 76.9 cm³/mol. The van der Waals surface area contributed by atoms with Crippen LogP contribution in [-0.4, -0.2) is 72.1 Å². The summed E-state index contributed by atoms with van der Waals surface area (Å²) in [5.41, 5.74) is 2.72. The van der Waals surface area contributed by atoms with Crippen LogP contribution in [0.15, 0.2) is 5.10 Å². The maximum absolute atomic E-state index is 12.3. The maximum atomic E-state index is 12.3. The first-order valence-electron chi connectivity index (χ1n) is 7.70. The summed E-state index contributed by atoms with van der Waals surface area (Å²) < 4.78 is 5.42. The Hall–Kier alpha value is -1.96.